The van der Waals surface area contributed by atoms with Crippen molar-refractivity contribution < 1.29 is 0 Å². The molecule has 0 bridgehead atoms. The van der Waals surface area contributed by atoms with Gasteiger partial charge in [0.1, 0.15) is 5.82 Å². The van der Waals surface area contributed by atoms with Crippen LogP contribution in [0, 0.1) is 5.92 Å². The molecular weight excluding hydrogens is 292 g/mol. The number of benzene rings is 1. The third-order valence-electron chi connectivity index (χ3n) is 3.80. The molecule has 1 aromatic heterocycles. The lowest BCUT2D eigenvalue weighted by atomic mass is 9.95. The summed E-state index contributed by atoms with van der Waals surface area (Å²) in [6.45, 7) is 3.01. The van der Waals surface area contributed by atoms with Crippen molar-refractivity contribution in [2.24, 2.45) is 5.92 Å². The highest BCUT2D eigenvalue weighted by Crippen LogP contribution is 2.23. The van der Waals surface area contributed by atoms with E-state index in [2.05, 4.69) is 27.8 Å². The summed E-state index contributed by atoms with van der Waals surface area (Å²) in [5.74, 6) is 1.62. The van der Waals surface area contributed by atoms with Gasteiger partial charge in [-0.3, -0.25) is 9.36 Å². The SMILES string of the molecule is CC[C@H]1CCn2c(nc3ccc(Br)cc3c2=O)C1. The van der Waals surface area contributed by atoms with Crippen molar-refractivity contribution in [3.63, 3.8) is 0 Å². The minimum absolute atomic E-state index is 0.103. The normalized spacial score (nSPS) is 18.9. The van der Waals surface area contributed by atoms with Crippen LogP contribution in [-0.2, 0) is 13.0 Å². The summed E-state index contributed by atoms with van der Waals surface area (Å²) < 4.78 is 2.78. The van der Waals surface area contributed by atoms with E-state index < -0.39 is 0 Å². The van der Waals surface area contributed by atoms with Crippen molar-refractivity contribution >= 4 is 26.8 Å². The highest BCUT2D eigenvalue weighted by molar-refractivity contribution is 9.10. The number of rotatable bonds is 1. The fourth-order valence-electron chi connectivity index (χ4n) is 2.65. The van der Waals surface area contributed by atoms with E-state index in [9.17, 15) is 4.79 Å². The summed E-state index contributed by atoms with van der Waals surface area (Å²) in [5, 5.41) is 0.711. The van der Waals surface area contributed by atoms with Crippen LogP contribution in [0.5, 0.6) is 0 Å². The smallest absolute Gasteiger partial charge is 0.261 e. The van der Waals surface area contributed by atoms with E-state index in [-0.39, 0.29) is 5.56 Å². The Kier molecular flexibility index (Phi) is 2.98. The lowest BCUT2D eigenvalue weighted by Crippen LogP contribution is -2.31. The summed E-state index contributed by atoms with van der Waals surface area (Å²) in [6.07, 6.45) is 3.18. The number of aromatic nitrogens is 2. The molecule has 1 aliphatic heterocycles. The molecule has 0 fully saturated rings. The second-order valence-electron chi connectivity index (χ2n) is 4.91. The number of hydrogen-bond donors (Lipinski definition) is 0. The van der Waals surface area contributed by atoms with Gasteiger partial charge in [-0.25, -0.2) is 4.98 Å². The molecule has 0 amide bonds. The molecule has 0 aliphatic carbocycles. The van der Waals surface area contributed by atoms with Gasteiger partial charge in [0.15, 0.2) is 0 Å². The first-order chi connectivity index (χ1) is 8.69. The van der Waals surface area contributed by atoms with Gasteiger partial charge in [0.05, 0.1) is 10.9 Å². The van der Waals surface area contributed by atoms with Gasteiger partial charge >= 0.3 is 0 Å². The fraction of sp³-hybridized carbons (Fsp3) is 0.429. The Morgan fingerprint density at radius 1 is 1.50 bits per heavy atom. The maximum Gasteiger partial charge on any atom is 0.261 e. The van der Waals surface area contributed by atoms with E-state index in [0.717, 1.165) is 41.6 Å². The summed E-state index contributed by atoms with van der Waals surface area (Å²) >= 11 is 3.41. The molecule has 2 aromatic rings. The Bertz CT molecular complexity index is 663. The van der Waals surface area contributed by atoms with Crippen LogP contribution in [0.25, 0.3) is 10.9 Å². The lowest BCUT2D eigenvalue weighted by molar-refractivity contribution is 0.363. The van der Waals surface area contributed by atoms with Crippen molar-refractivity contribution in [1.82, 2.24) is 9.55 Å². The van der Waals surface area contributed by atoms with Crippen LogP contribution in [0.2, 0.25) is 0 Å². The van der Waals surface area contributed by atoms with E-state index >= 15 is 0 Å². The van der Waals surface area contributed by atoms with E-state index in [0.29, 0.717) is 11.3 Å². The first-order valence-corrected chi connectivity index (χ1v) is 7.17. The molecule has 0 radical (unpaired) electrons. The van der Waals surface area contributed by atoms with E-state index in [4.69, 9.17) is 0 Å². The van der Waals surface area contributed by atoms with Crippen molar-refractivity contribution in [2.45, 2.75) is 32.7 Å². The average Bonchev–Trinajstić information content (AvgIpc) is 2.39. The van der Waals surface area contributed by atoms with Crippen LogP contribution >= 0.6 is 15.9 Å². The Balaban J connectivity index is 2.23. The number of hydrogen-bond acceptors (Lipinski definition) is 2. The third-order valence-corrected chi connectivity index (χ3v) is 4.30. The predicted molar refractivity (Wildman–Crippen MR) is 75.8 cm³/mol. The largest absolute Gasteiger partial charge is 0.296 e. The molecule has 0 saturated heterocycles. The van der Waals surface area contributed by atoms with Crippen molar-refractivity contribution in [3.8, 4) is 0 Å². The molecule has 3 rings (SSSR count). The van der Waals surface area contributed by atoms with E-state index in [1.54, 1.807) is 0 Å². The van der Waals surface area contributed by atoms with Gasteiger partial charge < -0.3 is 0 Å². The topological polar surface area (TPSA) is 34.9 Å². The molecule has 0 unspecified atom stereocenters. The maximum absolute atomic E-state index is 12.4. The zero-order valence-corrected chi connectivity index (χ0v) is 11.9. The molecule has 0 saturated carbocycles. The number of halogens is 1. The molecule has 0 N–H and O–H groups in total. The molecule has 4 heteroatoms. The van der Waals surface area contributed by atoms with Crippen molar-refractivity contribution in [2.75, 3.05) is 0 Å². The van der Waals surface area contributed by atoms with Gasteiger partial charge in [-0.2, -0.15) is 0 Å². The van der Waals surface area contributed by atoms with Crippen LogP contribution in [0.15, 0.2) is 27.5 Å². The summed E-state index contributed by atoms with van der Waals surface area (Å²) in [7, 11) is 0. The Labute approximate surface area is 114 Å². The second-order valence-corrected chi connectivity index (χ2v) is 5.83. The summed E-state index contributed by atoms with van der Waals surface area (Å²) in [5.41, 5.74) is 0.914. The van der Waals surface area contributed by atoms with Gasteiger partial charge in [0.25, 0.3) is 5.56 Å². The van der Waals surface area contributed by atoms with Gasteiger partial charge in [0.2, 0.25) is 0 Å². The molecule has 2 heterocycles. The maximum atomic E-state index is 12.4. The van der Waals surface area contributed by atoms with Crippen molar-refractivity contribution in [1.29, 1.82) is 0 Å². The van der Waals surface area contributed by atoms with E-state index in [1.807, 2.05) is 22.8 Å². The van der Waals surface area contributed by atoms with Crippen LogP contribution in [0.3, 0.4) is 0 Å². The highest BCUT2D eigenvalue weighted by Gasteiger charge is 2.20. The quantitative estimate of drug-likeness (QED) is 0.811. The van der Waals surface area contributed by atoms with Gasteiger partial charge in [-0.1, -0.05) is 29.3 Å². The Hall–Kier alpha value is -1.16. The number of nitrogens with zero attached hydrogens (tertiary/aromatic N) is 2. The fourth-order valence-corrected chi connectivity index (χ4v) is 3.01. The monoisotopic (exact) mass is 306 g/mol. The second kappa shape index (κ2) is 4.50. The van der Waals surface area contributed by atoms with Crippen molar-refractivity contribution in [3.05, 3.63) is 38.9 Å². The first kappa shape index (κ1) is 11.9. The van der Waals surface area contributed by atoms with Crippen LogP contribution < -0.4 is 5.56 Å². The zero-order valence-electron chi connectivity index (χ0n) is 10.3. The third kappa shape index (κ3) is 1.88. The van der Waals surface area contributed by atoms with Gasteiger partial charge in [0, 0.05) is 17.4 Å². The molecule has 94 valence electrons. The minimum Gasteiger partial charge on any atom is -0.296 e. The highest BCUT2D eigenvalue weighted by atomic mass is 79.9. The molecule has 0 spiro atoms. The summed E-state index contributed by atoms with van der Waals surface area (Å²) in [4.78, 5) is 17.1. The van der Waals surface area contributed by atoms with Crippen LogP contribution in [0.4, 0.5) is 0 Å². The molecule has 18 heavy (non-hydrogen) atoms. The van der Waals surface area contributed by atoms with Crippen LogP contribution in [-0.4, -0.2) is 9.55 Å². The van der Waals surface area contributed by atoms with Crippen LogP contribution in [0.1, 0.15) is 25.6 Å². The molecule has 1 atom stereocenters. The zero-order chi connectivity index (χ0) is 12.7. The van der Waals surface area contributed by atoms with E-state index in [1.165, 1.54) is 0 Å². The molecule has 3 nitrogen and oxygen atoms in total. The minimum atomic E-state index is 0.103. The summed E-state index contributed by atoms with van der Waals surface area (Å²) in [6, 6.07) is 5.72. The molecule has 1 aliphatic rings. The standard InChI is InChI=1S/C14H15BrN2O/c1-2-9-5-6-17-13(7-9)16-12-4-3-10(15)8-11(12)14(17)18/h3-4,8-9H,2,5-7H2,1H3/t9-/m0/s1. The average molecular weight is 307 g/mol. The Morgan fingerprint density at radius 3 is 3.11 bits per heavy atom. The predicted octanol–water partition coefficient (Wildman–Crippen LogP) is 3.13. The van der Waals surface area contributed by atoms with Gasteiger partial charge in [-0.05, 0) is 30.5 Å². The number of fused-ring (bicyclic) bond motifs is 2. The lowest BCUT2D eigenvalue weighted by Gasteiger charge is -2.24. The first-order valence-electron chi connectivity index (χ1n) is 6.38. The Morgan fingerprint density at radius 2 is 2.33 bits per heavy atom. The molecular formula is C14H15BrN2O. The van der Waals surface area contributed by atoms with Gasteiger partial charge in [-0.15, -0.1) is 0 Å². The molecule has 1 aromatic carbocycles.